The van der Waals surface area contributed by atoms with E-state index in [0.717, 1.165) is 17.4 Å². The van der Waals surface area contributed by atoms with Crippen molar-refractivity contribution in [1.82, 2.24) is 9.88 Å². The van der Waals surface area contributed by atoms with E-state index >= 15 is 0 Å². The van der Waals surface area contributed by atoms with Gasteiger partial charge in [-0.25, -0.2) is 0 Å². The lowest BCUT2D eigenvalue weighted by molar-refractivity contribution is -0.149. The summed E-state index contributed by atoms with van der Waals surface area (Å²) in [7, 11) is 1.99. The Labute approximate surface area is 123 Å². The molecule has 21 heavy (non-hydrogen) atoms. The highest BCUT2D eigenvalue weighted by molar-refractivity contribution is 5.98. The largest absolute Gasteiger partial charge is 0.363 e. The van der Waals surface area contributed by atoms with Crippen LogP contribution in [-0.2, 0) is 9.53 Å². The summed E-state index contributed by atoms with van der Waals surface area (Å²) in [4.78, 5) is 18.9. The van der Waals surface area contributed by atoms with Gasteiger partial charge in [0.1, 0.15) is 0 Å². The molecular weight excluding hydrogens is 266 g/mol. The number of hydrogen-bond donors (Lipinski definition) is 1. The molecular formula is C16H19N3O2. The van der Waals surface area contributed by atoms with Crippen LogP contribution in [0.25, 0.3) is 10.9 Å². The molecule has 0 saturated carbocycles. The SMILES string of the molecule is CN1CCO[C@@](C)(C(=O)Nc2cnc3ccccc3c2)C1. The van der Waals surface area contributed by atoms with E-state index in [-0.39, 0.29) is 5.91 Å². The van der Waals surface area contributed by atoms with E-state index in [2.05, 4.69) is 15.2 Å². The Hall–Kier alpha value is -1.98. The molecule has 5 heteroatoms. The number of benzene rings is 1. The molecule has 1 fully saturated rings. The van der Waals surface area contributed by atoms with Gasteiger partial charge in [0.2, 0.25) is 0 Å². The maximum Gasteiger partial charge on any atom is 0.257 e. The van der Waals surface area contributed by atoms with Crippen molar-refractivity contribution in [3.63, 3.8) is 0 Å². The summed E-state index contributed by atoms with van der Waals surface area (Å²) >= 11 is 0. The fourth-order valence-corrected chi connectivity index (χ4v) is 2.61. The molecule has 1 N–H and O–H groups in total. The zero-order valence-corrected chi connectivity index (χ0v) is 12.3. The van der Waals surface area contributed by atoms with E-state index in [9.17, 15) is 4.79 Å². The van der Waals surface area contributed by atoms with Crippen LogP contribution in [-0.4, -0.2) is 48.1 Å². The smallest absolute Gasteiger partial charge is 0.257 e. The van der Waals surface area contributed by atoms with Crippen LogP contribution in [0, 0.1) is 0 Å². The number of anilines is 1. The summed E-state index contributed by atoms with van der Waals surface area (Å²) < 4.78 is 5.68. The fourth-order valence-electron chi connectivity index (χ4n) is 2.61. The second-order valence-corrected chi connectivity index (χ2v) is 5.69. The molecule has 1 atom stereocenters. The first-order chi connectivity index (χ1) is 10.1. The van der Waals surface area contributed by atoms with E-state index in [0.29, 0.717) is 18.8 Å². The standard InChI is InChI=1S/C16H19N3O2/c1-16(11-19(2)7-8-21-16)15(20)18-13-9-12-5-3-4-6-14(12)17-10-13/h3-6,9-10H,7-8,11H2,1-2H3,(H,18,20)/t16-/m1/s1. The Bertz CT molecular complexity index is 673. The number of nitrogens with one attached hydrogen (secondary N) is 1. The van der Waals surface area contributed by atoms with Gasteiger partial charge in [-0.3, -0.25) is 9.78 Å². The van der Waals surface area contributed by atoms with Gasteiger partial charge in [0, 0.05) is 18.5 Å². The molecule has 110 valence electrons. The molecule has 0 spiro atoms. The summed E-state index contributed by atoms with van der Waals surface area (Å²) in [5.41, 5.74) is 0.783. The molecule has 1 saturated heterocycles. The number of aromatic nitrogens is 1. The molecule has 2 heterocycles. The highest BCUT2D eigenvalue weighted by Gasteiger charge is 2.38. The van der Waals surface area contributed by atoms with Gasteiger partial charge in [-0.15, -0.1) is 0 Å². The van der Waals surface area contributed by atoms with Gasteiger partial charge in [0.25, 0.3) is 5.91 Å². The van der Waals surface area contributed by atoms with E-state index in [4.69, 9.17) is 4.74 Å². The normalized spacial score (nSPS) is 23.1. The van der Waals surface area contributed by atoms with Crippen LogP contribution < -0.4 is 5.32 Å². The monoisotopic (exact) mass is 285 g/mol. The van der Waals surface area contributed by atoms with Crippen molar-refractivity contribution in [1.29, 1.82) is 0 Å². The number of carbonyl (C=O) groups is 1. The quantitative estimate of drug-likeness (QED) is 0.915. The average molecular weight is 285 g/mol. The zero-order chi connectivity index (χ0) is 14.9. The highest BCUT2D eigenvalue weighted by atomic mass is 16.5. The van der Waals surface area contributed by atoms with Crippen molar-refractivity contribution in [2.24, 2.45) is 0 Å². The number of rotatable bonds is 2. The number of hydrogen-bond acceptors (Lipinski definition) is 4. The maximum absolute atomic E-state index is 12.5. The maximum atomic E-state index is 12.5. The molecule has 1 aliphatic heterocycles. The number of ether oxygens (including phenoxy) is 1. The van der Waals surface area contributed by atoms with Crippen LogP contribution >= 0.6 is 0 Å². The Kier molecular flexibility index (Phi) is 3.61. The van der Waals surface area contributed by atoms with Crippen molar-refractivity contribution >= 4 is 22.5 Å². The van der Waals surface area contributed by atoms with Gasteiger partial charge in [0.05, 0.1) is 24.0 Å². The van der Waals surface area contributed by atoms with Gasteiger partial charge >= 0.3 is 0 Å². The lowest BCUT2D eigenvalue weighted by atomic mass is 10.0. The van der Waals surface area contributed by atoms with Crippen LogP contribution in [0.4, 0.5) is 5.69 Å². The van der Waals surface area contributed by atoms with Crippen molar-refractivity contribution in [3.05, 3.63) is 36.5 Å². The molecule has 1 amide bonds. The van der Waals surface area contributed by atoms with E-state index in [1.165, 1.54) is 0 Å². The second kappa shape index (κ2) is 5.42. The van der Waals surface area contributed by atoms with Crippen LogP contribution in [0.15, 0.2) is 36.5 Å². The number of nitrogens with zero attached hydrogens (tertiary/aromatic N) is 2. The molecule has 0 unspecified atom stereocenters. The third-order valence-electron chi connectivity index (χ3n) is 3.79. The van der Waals surface area contributed by atoms with Crippen LogP contribution in [0.5, 0.6) is 0 Å². The average Bonchev–Trinajstić information content (AvgIpc) is 2.47. The topological polar surface area (TPSA) is 54.5 Å². The van der Waals surface area contributed by atoms with E-state index < -0.39 is 5.60 Å². The minimum Gasteiger partial charge on any atom is -0.363 e. The number of morpholine rings is 1. The van der Waals surface area contributed by atoms with Gasteiger partial charge < -0.3 is 15.0 Å². The molecule has 1 aromatic heterocycles. The Morgan fingerprint density at radius 2 is 2.24 bits per heavy atom. The number of pyridine rings is 1. The summed E-state index contributed by atoms with van der Waals surface area (Å²) in [6.45, 7) is 3.82. The van der Waals surface area contributed by atoms with Crippen molar-refractivity contribution in [2.75, 3.05) is 32.1 Å². The first-order valence-electron chi connectivity index (χ1n) is 7.06. The van der Waals surface area contributed by atoms with Crippen LogP contribution in [0.3, 0.4) is 0 Å². The van der Waals surface area contributed by atoms with Crippen molar-refractivity contribution in [2.45, 2.75) is 12.5 Å². The van der Waals surface area contributed by atoms with E-state index in [1.54, 1.807) is 6.20 Å². The van der Waals surface area contributed by atoms with Crippen LogP contribution in [0.1, 0.15) is 6.92 Å². The minimum atomic E-state index is -0.821. The molecule has 2 aromatic rings. The lowest BCUT2D eigenvalue weighted by Gasteiger charge is -2.37. The highest BCUT2D eigenvalue weighted by Crippen LogP contribution is 2.21. The van der Waals surface area contributed by atoms with Crippen molar-refractivity contribution < 1.29 is 9.53 Å². The van der Waals surface area contributed by atoms with Crippen LogP contribution in [0.2, 0.25) is 0 Å². The lowest BCUT2D eigenvalue weighted by Crippen LogP contribution is -2.55. The van der Waals surface area contributed by atoms with Gasteiger partial charge in [-0.1, -0.05) is 18.2 Å². The third kappa shape index (κ3) is 2.89. The number of fused-ring (bicyclic) bond motifs is 1. The number of carbonyl (C=O) groups excluding carboxylic acids is 1. The first-order valence-corrected chi connectivity index (χ1v) is 7.06. The fraction of sp³-hybridized carbons (Fsp3) is 0.375. The second-order valence-electron chi connectivity index (χ2n) is 5.69. The molecule has 5 nitrogen and oxygen atoms in total. The van der Waals surface area contributed by atoms with Gasteiger partial charge in [0.15, 0.2) is 5.60 Å². The van der Waals surface area contributed by atoms with Crippen molar-refractivity contribution in [3.8, 4) is 0 Å². The Morgan fingerprint density at radius 1 is 1.43 bits per heavy atom. The summed E-state index contributed by atoms with van der Waals surface area (Å²) in [6.07, 6.45) is 1.68. The number of para-hydroxylation sites is 1. The first kappa shape index (κ1) is 14.0. The van der Waals surface area contributed by atoms with Gasteiger partial charge in [-0.2, -0.15) is 0 Å². The summed E-state index contributed by atoms with van der Waals surface area (Å²) in [5, 5.41) is 3.91. The molecule has 0 aliphatic carbocycles. The summed E-state index contributed by atoms with van der Waals surface area (Å²) in [6, 6.07) is 9.75. The molecule has 0 radical (unpaired) electrons. The minimum absolute atomic E-state index is 0.133. The molecule has 3 rings (SSSR count). The number of likely N-dealkylation sites (N-methyl/N-ethyl adjacent to an activating group) is 1. The van der Waals surface area contributed by atoms with E-state index in [1.807, 2.05) is 44.3 Å². The third-order valence-corrected chi connectivity index (χ3v) is 3.79. The molecule has 0 bridgehead atoms. The Morgan fingerprint density at radius 3 is 3.05 bits per heavy atom. The molecule has 1 aliphatic rings. The van der Waals surface area contributed by atoms with Gasteiger partial charge in [-0.05, 0) is 26.1 Å². The Balaban J connectivity index is 1.79. The predicted molar refractivity (Wildman–Crippen MR) is 82.2 cm³/mol. The summed E-state index contributed by atoms with van der Waals surface area (Å²) in [5.74, 6) is -0.133. The molecule has 1 aromatic carbocycles. The zero-order valence-electron chi connectivity index (χ0n) is 12.3. The predicted octanol–water partition coefficient (Wildman–Crippen LogP) is 1.89. The number of amides is 1.